The summed E-state index contributed by atoms with van der Waals surface area (Å²) in [6.07, 6.45) is 0. The number of carbonyl (C=O) groups is 2. The number of halogens is 1. The Morgan fingerprint density at radius 2 is 1.95 bits per heavy atom. The quantitative estimate of drug-likeness (QED) is 0.873. The lowest BCUT2D eigenvalue weighted by Gasteiger charge is -2.07. The van der Waals surface area contributed by atoms with Crippen LogP contribution in [-0.2, 0) is 0 Å². The average molecular weight is 354 g/mol. The van der Waals surface area contributed by atoms with Gasteiger partial charge in [0.15, 0.2) is 0 Å². The molecule has 1 amide bonds. The fourth-order valence-corrected chi connectivity index (χ4v) is 2.82. The molecule has 104 valence electrons. The normalized spacial score (nSPS) is 10.3. The molecular weight excluding hydrogens is 342 g/mol. The molecule has 6 heteroatoms. The number of carbonyl (C=O) groups excluding carboxylic acids is 1. The first kappa shape index (κ1) is 14.7. The monoisotopic (exact) mass is 353 g/mol. The predicted molar refractivity (Wildman–Crippen MR) is 82.8 cm³/mol. The van der Waals surface area contributed by atoms with Gasteiger partial charge in [-0.15, -0.1) is 11.3 Å². The van der Waals surface area contributed by atoms with Crippen LogP contribution in [0.15, 0.2) is 28.1 Å². The second-order valence-electron chi connectivity index (χ2n) is 4.35. The van der Waals surface area contributed by atoms with E-state index in [9.17, 15) is 9.59 Å². The Morgan fingerprint density at radius 3 is 2.55 bits per heavy atom. The molecule has 0 aliphatic carbocycles. The van der Waals surface area contributed by atoms with Gasteiger partial charge in [0.2, 0.25) is 0 Å². The molecule has 0 aliphatic rings. The maximum absolute atomic E-state index is 12.2. The van der Waals surface area contributed by atoms with E-state index in [2.05, 4.69) is 21.2 Å². The maximum Gasteiger partial charge on any atom is 0.348 e. The van der Waals surface area contributed by atoms with Crippen molar-refractivity contribution in [1.82, 2.24) is 0 Å². The molecule has 1 heterocycles. The molecule has 4 nitrogen and oxygen atoms in total. The SMILES string of the molecule is Cc1cc(C(=O)Nc2c(C)csc2C(=O)O)ccc1Br. The summed E-state index contributed by atoms with van der Waals surface area (Å²) in [5.41, 5.74) is 2.55. The number of amides is 1. The zero-order valence-corrected chi connectivity index (χ0v) is 13.3. The number of rotatable bonds is 3. The van der Waals surface area contributed by atoms with Crippen LogP contribution in [-0.4, -0.2) is 17.0 Å². The summed E-state index contributed by atoms with van der Waals surface area (Å²) in [5, 5.41) is 13.5. The van der Waals surface area contributed by atoms with Crippen molar-refractivity contribution in [2.75, 3.05) is 5.32 Å². The van der Waals surface area contributed by atoms with Gasteiger partial charge in [-0.3, -0.25) is 4.79 Å². The van der Waals surface area contributed by atoms with E-state index in [1.807, 2.05) is 6.92 Å². The Bertz CT molecular complexity index is 694. The third-order valence-corrected chi connectivity index (χ3v) is 4.80. The van der Waals surface area contributed by atoms with Gasteiger partial charge in [-0.2, -0.15) is 0 Å². The molecule has 20 heavy (non-hydrogen) atoms. The van der Waals surface area contributed by atoms with E-state index in [0.717, 1.165) is 26.9 Å². The largest absolute Gasteiger partial charge is 0.477 e. The zero-order valence-electron chi connectivity index (χ0n) is 10.9. The van der Waals surface area contributed by atoms with Gasteiger partial charge in [-0.05, 0) is 48.6 Å². The highest BCUT2D eigenvalue weighted by Crippen LogP contribution is 2.28. The van der Waals surface area contributed by atoms with Crippen LogP contribution in [0.25, 0.3) is 0 Å². The molecule has 0 unspecified atom stereocenters. The second-order valence-corrected chi connectivity index (χ2v) is 6.08. The Morgan fingerprint density at radius 1 is 1.25 bits per heavy atom. The predicted octanol–water partition coefficient (Wildman–Crippen LogP) is 4.08. The number of thiophene rings is 1. The van der Waals surface area contributed by atoms with Crippen LogP contribution < -0.4 is 5.32 Å². The highest BCUT2D eigenvalue weighted by molar-refractivity contribution is 9.10. The standard InChI is InChI=1S/C14H12BrNO3S/c1-7-5-9(3-4-10(7)15)13(17)16-11-8(2)6-20-12(11)14(18)19/h3-6H,1-2H3,(H,16,17)(H,18,19). The number of aromatic carboxylic acids is 1. The lowest BCUT2D eigenvalue weighted by Crippen LogP contribution is -2.14. The number of hydrogen-bond donors (Lipinski definition) is 2. The molecule has 0 aliphatic heterocycles. The van der Waals surface area contributed by atoms with E-state index in [-0.39, 0.29) is 10.8 Å². The van der Waals surface area contributed by atoms with Crippen LogP contribution in [0.5, 0.6) is 0 Å². The Labute approximate surface area is 128 Å². The van der Waals surface area contributed by atoms with Gasteiger partial charge in [0, 0.05) is 10.0 Å². The molecule has 0 atom stereocenters. The van der Waals surface area contributed by atoms with Crippen LogP contribution in [0.3, 0.4) is 0 Å². The maximum atomic E-state index is 12.2. The van der Waals surface area contributed by atoms with E-state index in [0.29, 0.717) is 11.3 Å². The van der Waals surface area contributed by atoms with Crippen LogP contribution >= 0.6 is 27.3 Å². The van der Waals surface area contributed by atoms with Crippen molar-refractivity contribution in [3.05, 3.63) is 49.6 Å². The number of aryl methyl sites for hydroxylation is 2. The number of hydrogen-bond acceptors (Lipinski definition) is 3. The zero-order chi connectivity index (χ0) is 14.9. The summed E-state index contributed by atoms with van der Waals surface area (Å²) in [5.74, 6) is -1.35. The molecule has 0 saturated heterocycles. The summed E-state index contributed by atoms with van der Waals surface area (Å²) in [6, 6.07) is 5.24. The highest BCUT2D eigenvalue weighted by Gasteiger charge is 2.18. The fraction of sp³-hybridized carbons (Fsp3) is 0.143. The summed E-state index contributed by atoms with van der Waals surface area (Å²) in [7, 11) is 0. The van der Waals surface area contributed by atoms with Gasteiger partial charge in [-0.25, -0.2) is 4.79 Å². The van der Waals surface area contributed by atoms with Crippen molar-refractivity contribution < 1.29 is 14.7 Å². The summed E-state index contributed by atoms with van der Waals surface area (Å²) >= 11 is 4.48. The van der Waals surface area contributed by atoms with Crippen molar-refractivity contribution in [2.24, 2.45) is 0 Å². The van der Waals surface area contributed by atoms with E-state index in [1.54, 1.807) is 30.5 Å². The second kappa shape index (κ2) is 5.76. The third-order valence-electron chi connectivity index (χ3n) is 2.83. The highest BCUT2D eigenvalue weighted by atomic mass is 79.9. The van der Waals surface area contributed by atoms with Crippen LogP contribution in [0.1, 0.15) is 31.2 Å². The van der Waals surface area contributed by atoms with Gasteiger partial charge >= 0.3 is 5.97 Å². The molecule has 2 N–H and O–H groups in total. The average Bonchev–Trinajstić information content (AvgIpc) is 2.74. The van der Waals surface area contributed by atoms with Gasteiger partial charge in [0.25, 0.3) is 5.91 Å². The Hall–Kier alpha value is -1.66. The topological polar surface area (TPSA) is 66.4 Å². The fourth-order valence-electron chi connectivity index (χ4n) is 1.73. The van der Waals surface area contributed by atoms with E-state index in [1.165, 1.54) is 0 Å². The molecule has 0 fully saturated rings. The minimum Gasteiger partial charge on any atom is -0.477 e. The first-order valence-electron chi connectivity index (χ1n) is 5.79. The van der Waals surface area contributed by atoms with Crippen molar-refractivity contribution in [3.63, 3.8) is 0 Å². The lowest BCUT2D eigenvalue weighted by molar-refractivity contribution is 0.0703. The minimum atomic E-state index is -1.04. The number of anilines is 1. The van der Waals surface area contributed by atoms with Crippen LogP contribution in [0.4, 0.5) is 5.69 Å². The smallest absolute Gasteiger partial charge is 0.348 e. The molecule has 2 aromatic rings. The van der Waals surface area contributed by atoms with Crippen molar-refractivity contribution >= 4 is 44.8 Å². The summed E-state index contributed by atoms with van der Waals surface area (Å²) in [4.78, 5) is 23.4. The third kappa shape index (κ3) is 2.91. The van der Waals surface area contributed by atoms with E-state index < -0.39 is 5.97 Å². The first-order chi connectivity index (χ1) is 9.40. The van der Waals surface area contributed by atoms with Gasteiger partial charge in [-0.1, -0.05) is 15.9 Å². The Balaban J connectivity index is 2.30. The summed E-state index contributed by atoms with van der Waals surface area (Å²) < 4.78 is 0.923. The Kier molecular flexibility index (Phi) is 4.25. The number of carboxylic acid groups (broad SMARTS) is 1. The molecule has 0 bridgehead atoms. The van der Waals surface area contributed by atoms with Crippen molar-refractivity contribution in [2.45, 2.75) is 13.8 Å². The number of benzene rings is 1. The van der Waals surface area contributed by atoms with Gasteiger partial charge in [0.1, 0.15) is 4.88 Å². The molecule has 2 rings (SSSR count). The van der Waals surface area contributed by atoms with Gasteiger partial charge in [0.05, 0.1) is 5.69 Å². The van der Waals surface area contributed by atoms with E-state index in [4.69, 9.17) is 5.11 Å². The molecule has 0 saturated carbocycles. The van der Waals surface area contributed by atoms with Crippen LogP contribution in [0, 0.1) is 13.8 Å². The minimum absolute atomic E-state index is 0.143. The number of carboxylic acids is 1. The van der Waals surface area contributed by atoms with E-state index >= 15 is 0 Å². The molecular formula is C14H12BrNO3S. The first-order valence-corrected chi connectivity index (χ1v) is 7.46. The molecule has 1 aromatic heterocycles. The van der Waals surface area contributed by atoms with Crippen molar-refractivity contribution in [1.29, 1.82) is 0 Å². The lowest BCUT2D eigenvalue weighted by atomic mass is 10.1. The van der Waals surface area contributed by atoms with Gasteiger partial charge < -0.3 is 10.4 Å². The van der Waals surface area contributed by atoms with Crippen LogP contribution in [0.2, 0.25) is 0 Å². The van der Waals surface area contributed by atoms with Crippen molar-refractivity contribution in [3.8, 4) is 0 Å². The number of nitrogens with one attached hydrogen (secondary N) is 1. The molecule has 0 radical (unpaired) electrons. The molecule has 0 spiro atoms. The summed E-state index contributed by atoms with van der Waals surface area (Å²) in [6.45, 7) is 3.66. The molecule has 1 aromatic carbocycles.